The number of carbonyl (C=O) groups is 2. The largest absolute Gasteiger partial charge is 0.478 e. The number of rotatable bonds is 4. The Kier molecular flexibility index (Phi) is 4.84. The lowest BCUT2D eigenvalue weighted by Crippen LogP contribution is -2.32. The maximum Gasteiger partial charge on any atom is 0.337 e. The summed E-state index contributed by atoms with van der Waals surface area (Å²) in [4.78, 5) is 22.9. The molecule has 1 aromatic carbocycles. The summed E-state index contributed by atoms with van der Waals surface area (Å²) in [6.07, 6.45) is 4.71. The van der Waals surface area contributed by atoms with Gasteiger partial charge in [0.25, 0.3) is 0 Å². The molecule has 0 unspecified atom stereocenters. The zero-order valence-corrected chi connectivity index (χ0v) is 11.7. The van der Waals surface area contributed by atoms with Crippen molar-refractivity contribution in [2.24, 2.45) is 5.92 Å². The Hall–Kier alpha value is -1.75. The first kappa shape index (κ1) is 14.7. The highest BCUT2D eigenvalue weighted by atomic mass is 35.5. The number of hydrogen-bond acceptors (Lipinski definition) is 2. The van der Waals surface area contributed by atoms with Crippen LogP contribution in [0.4, 0.5) is 10.5 Å². The van der Waals surface area contributed by atoms with Gasteiger partial charge < -0.3 is 15.7 Å². The first-order valence-electron chi connectivity index (χ1n) is 6.64. The molecule has 20 heavy (non-hydrogen) atoms. The summed E-state index contributed by atoms with van der Waals surface area (Å²) in [5.74, 6) is -0.594. The van der Waals surface area contributed by atoms with E-state index in [1.165, 1.54) is 25.0 Å². The monoisotopic (exact) mass is 296 g/mol. The molecule has 0 spiro atoms. The molecule has 3 N–H and O–H groups in total. The second kappa shape index (κ2) is 6.61. The van der Waals surface area contributed by atoms with Crippen LogP contribution in [0.25, 0.3) is 0 Å². The van der Waals surface area contributed by atoms with Gasteiger partial charge in [0.1, 0.15) is 0 Å². The average molecular weight is 297 g/mol. The van der Waals surface area contributed by atoms with Crippen LogP contribution in [0.1, 0.15) is 36.0 Å². The summed E-state index contributed by atoms with van der Waals surface area (Å²) in [7, 11) is 0. The van der Waals surface area contributed by atoms with Crippen molar-refractivity contribution in [1.29, 1.82) is 0 Å². The van der Waals surface area contributed by atoms with Crippen LogP contribution in [0.3, 0.4) is 0 Å². The number of aromatic carboxylic acids is 1. The van der Waals surface area contributed by atoms with Crippen molar-refractivity contribution in [3.63, 3.8) is 0 Å². The van der Waals surface area contributed by atoms with Crippen LogP contribution in [0.2, 0.25) is 5.02 Å². The van der Waals surface area contributed by atoms with Crippen LogP contribution in [0.5, 0.6) is 0 Å². The third kappa shape index (κ3) is 3.87. The number of anilines is 1. The van der Waals surface area contributed by atoms with Gasteiger partial charge in [-0.3, -0.25) is 0 Å². The second-order valence-electron chi connectivity index (χ2n) is 4.98. The fourth-order valence-corrected chi connectivity index (χ4v) is 2.59. The van der Waals surface area contributed by atoms with Crippen molar-refractivity contribution in [2.75, 3.05) is 11.9 Å². The number of carbonyl (C=O) groups excluding carboxylic acids is 1. The summed E-state index contributed by atoms with van der Waals surface area (Å²) >= 11 is 5.75. The van der Waals surface area contributed by atoms with Crippen LogP contribution in [-0.2, 0) is 0 Å². The van der Waals surface area contributed by atoms with E-state index in [1.54, 1.807) is 6.07 Å². The molecular formula is C14H17ClN2O3. The Balaban J connectivity index is 1.94. The van der Waals surface area contributed by atoms with Gasteiger partial charge in [-0.25, -0.2) is 9.59 Å². The molecule has 0 aliphatic heterocycles. The van der Waals surface area contributed by atoms with Crippen LogP contribution < -0.4 is 10.6 Å². The molecule has 1 saturated carbocycles. The van der Waals surface area contributed by atoms with Crippen molar-refractivity contribution >= 4 is 29.3 Å². The maximum atomic E-state index is 11.8. The molecular weight excluding hydrogens is 280 g/mol. The highest BCUT2D eigenvalue weighted by Crippen LogP contribution is 2.24. The number of halogens is 1. The normalized spacial score (nSPS) is 15.1. The molecule has 0 radical (unpaired) electrons. The summed E-state index contributed by atoms with van der Waals surface area (Å²) in [6, 6.07) is 3.96. The Labute approximate surface area is 122 Å². The van der Waals surface area contributed by atoms with E-state index >= 15 is 0 Å². The molecule has 108 valence electrons. The average Bonchev–Trinajstić information content (AvgIpc) is 2.91. The highest BCUT2D eigenvalue weighted by molar-refractivity contribution is 6.31. The van der Waals surface area contributed by atoms with Crippen LogP contribution >= 0.6 is 11.6 Å². The lowest BCUT2D eigenvalue weighted by molar-refractivity contribution is 0.0698. The van der Waals surface area contributed by atoms with Crippen molar-refractivity contribution < 1.29 is 14.7 Å². The number of urea groups is 1. The van der Waals surface area contributed by atoms with Gasteiger partial charge in [-0.1, -0.05) is 24.4 Å². The quantitative estimate of drug-likeness (QED) is 0.797. The Morgan fingerprint density at radius 1 is 1.30 bits per heavy atom. The van der Waals surface area contributed by atoms with E-state index in [0.29, 0.717) is 17.5 Å². The minimum Gasteiger partial charge on any atom is -0.478 e. The molecule has 1 aliphatic carbocycles. The molecule has 5 nitrogen and oxygen atoms in total. The summed E-state index contributed by atoms with van der Waals surface area (Å²) in [5.41, 5.74) is 0.222. The van der Waals surface area contributed by atoms with Crippen LogP contribution in [0.15, 0.2) is 18.2 Å². The van der Waals surface area contributed by atoms with E-state index in [9.17, 15) is 9.59 Å². The van der Waals surface area contributed by atoms with Crippen molar-refractivity contribution in [3.8, 4) is 0 Å². The minimum atomic E-state index is -1.13. The molecule has 0 atom stereocenters. The van der Waals surface area contributed by atoms with E-state index < -0.39 is 5.97 Å². The standard InChI is InChI=1S/C14H17ClN2O3/c15-10-5-6-12(11(7-10)13(18)19)17-14(20)16-8-9-3-1-2-4-9/h5-7,9H,1-4,8H2,(H,18,19)(H2,16,17,20). The van der Waals surface area contributed by atoms with Gasteiger partial charge in [0.05, 0.1) is 11.3 Å². The number of carboxylic acids is 1. The van der Waals surface area contributed by atoms with Crippen molar-refractivity contribution in [1.82, 2.24) is 5.32 Å². The van der Waals surface area contributed by atoms with Crippen LogP contribution in [-0.4, -0.2) is 23.7 Å². The fraction of sp³-hybridized carbons (Fsp3) is 0.429. The number of amides is 2. The van der Waals surface area contributed by atoms with E-state index in [4.69, 9.17) is 16.7 Å². The predicted octanol–water partition coefficient (Wildman–Crippen LogP) is 3.35. The topological polar surface area (TPSA) is 78.4 Å². The van der Waals surface area contributed by atoms with E-state index in [0.717, 1.165) is 12.8 Å². The number of carboxylic acid groups (broad SMARTS) is 1. The fourth-order valence-electron chi connectivity index (χ4n) is 2.42. The molecule has 1 aromatic rings. The van der Waals surface area contributed by atoms with E-state index in [-0.39, 0.29) is 17.3 Å². The second-order valence-corrected chi connectivity index (χ2v) is 5.42. The van der Waals surface area contributed by atoms with E-state index in [1.807, 2.05) is 0 Å². The van der Waals surface area contributed by atoms with Gasteiger partial charge in [0.2, 0.25) is 0 Å². The summed E-state index contributed by atoms with van der Waals surface area (Å²) in [5, 5.41) is 14.7. The molecule has 0 aromatic heterocycles. The Morgan fingerprint density at radius 2 is 2.00 bits per heavy atom. The molecule has 0 saturated heterocycles. The summed E-state index contributed by atoms with van der Waals surface area (Å²) in [6.45, 7) is 0.627. The minimum absolute atomic E-state index is 0.0199. The molecule has 2 amide bonds. The summed E-state index contributed by atoms with van der Waals surface area (Å²) < 4.78 is 0. The number of nitrogens with one attached hydrogen (secondary N) is 2. The third-order valence-electron chi connectivity index (χ3n) is 3.49. The SMILES string of the molecule is O=C(NCC1CCCC1)Nc1ccc(Cl)cc1C(=O)O. The zero-order chi connectivity index (χ0) is 14.5. The molecule has 0 heterocycles. The predicted molar refractivity (Wildman–Crippen MR) is 77.4 cm³/mol. The van der Waals surface area contributed by atoms with Gasteiger partial charge in [-0.15, -0.1) is 0 Å². The van der Waals surface area contributed by atoms with Crippen molar-refractivity contribution in [2.45, 2.75) is 25.7 Å². The molecule has 6 heteroatoms. The highest BCUT2D eigenvalue weighted by Gasteiger charge is 2.17. The van der Waals surface area contributed by atoms with Gasteiger partial charge in [0, 0.05) is 11.6 Å². The molecule has 1 aliphatic rings. The lowest BCUT2D eigenvalue weighted by atomic mass is 10.1. The Morgan fingerprint density at radius 3 is 2.65 bits per heavy atom. The zero-order valence-electron chi connectivity index (χ0n) is 11.0. The molecule has 0 bridgehead atoms. The smallest absolute Gasteiger partial charge is 0.337 e. The van der Waals surface area contributed by atoms with Gasteiger partial charge in [0.15, 0.2) is 0 Å². The van der Waals surface area contributed by atoms with Gasteiger partial charge >= 0.3 is 12.0 Å². The van der Waals surface area contributed by atoms with Crippen LogP contribution in [0, 0.1) is 5.92 Å². The third-order valence-corrected chi connectivity index (χ3v) is 3.72. The molecule has 1 fully saturated rings. The first-order chi connectivity index (χ1) is 9.56. The molecule has 2 rings (SSSR count). The number of benzene rings is 1. The number of hydrogen-bond donors (Lipinski definition) is 3. The lowest BCUT2D eigenvalue weighted by Gasteiger charge is -2.13. The van der Waals surface area contributed by atoms with Crippen molar-refractivity contribution in [3.05, 3.63) is 28.8 Å². The van der Waals surface area contributed by atoms with Gasteiger partial charge in [-0.05, 0) is 37.0 Å². The Bertz CT molecular complexity index is 513. The first-order valence-corrected chi connectivity index (χ1v) is 7.02. The van der Waals surface area contributed by atoms with Gasteiger partial charge in [-0.2, -0.15) is 0 Å². The van der Waals surface area contributed by atoms with E-state index in [2.05, 4.69) is 10.6 Å². The maximum absolute atomic E-state index is 11.8.